The summed E-state index contributed by atoms with van der Waals surface area (Å²) in [6, 6.07) is 17.3. The maximum absolute atomic E-state index is 10.5. The first-order valence-corrected chi connectivity index (χ1v) is 12.1. The quantitative estimate of drug-likeness (QED) is 0.501. The molecule has 34 heavy (non-hydrogen) atoms. The number of aliphatic hydroxyl groups excluding tert-OH is 1. The van der Waals surface area contributed by atoms with Gasteiger partial charge >= 0.3 is 0 Å². The van der Waals surface area contributed by atoms with Crippen molar-refractivity contribution in [3.05, 3.63) is 72.8 Å². The third-order valence-electron chi connectivity index (χ3n) is 7.35. The van der Waals surface area contributed by atoms with Crippen molar-refractivity contribution < 1.29 is 5.11 Å². The Labute approximate surface area is 199 Å². The van der Waals surface area contributed by atoms with Crippen LogP contribution in [0.15, 0.2) is 67.3 Å². The van der Waals surface area contributed by atoms with Gasteiger partial charge in [0, 0.05) is 23.7 Å². The molecule has 2 aliphatic rings. The summed E-state index contributed by atoms with van der Waals surface area (Å²) in [4.78, 5) is 13.8. The molecule has 0 spiro atoms. The smallest absolute Gasteiger partial charge is 0.140 e. The SMILES string of the molecule is CN1CCC(n2cc(-c3ccc4c(N5C[C@H](O)C[C@H]5c5ccccc5)ncnc4c3)cn2)CC1. The third-order valence-corrected chi connectivity index (χ3v) is 7.35. The number of fused-ring (bicyclic) bond motifs is 1. The van der Waals surface area contributed by atoms with E-state index in [0.29, 0.717) is 19.0 Å². The van der Waals surface area contributed by atoms with Crippen LogP contribution in [-0.4, -0.2) is 62.5 Å². The van der Waals surface area contributed by atoms with E-state index in [4.69, 9.17) is 0 Å². The van der Waals surface area contributed by atoms with Gasteiger partial charge in [0.05, 0.1) is 29.9 Å². The van der Waals surface area contributed by atoms with Crippen LogP contribution in [-0.2, 0) is 0 Å². The van der Waals surface area contributed by atoms with E-state index in [9.17, 15) is 5.11 Å². The Kier molecular flexibility index (Phi) is 5.51. The predicted octanol–water partition coefficient (Wildman–Crippen LogP) is 4.07. The van der Waals surface area contributed by atoms with Crippen molar-refractivity contribution in [3.63, 3.8) is 0 Å². The van der Waals surface area contributed by atoms with Gasteiger partial charge in [-0.3, -0.25) is 4.68 Å². The topological polar surface area (TPSA) is 70.3 Å². The van der Waals surface area contributed by atoms with E-state index in [2.05, 4.69) is 73.1 Å². The van der Waals surface area contributed by atoms with Gasteiger partial charge in [0.15, 0.2) is 0 Å². The molecule has 1 N–H and O–H groups in total. The largest absolute Gasteiger partial charge is 0.391 e. The highest BCUT2D eigenvalue weighted by Gasteiger charge is 2.33. The molecule has 6 rings (SSSR count). The number of nitrogens with zero attached hydrogens (tertiary/aromatic N) is 6. The number of anilines is 1. The summed E-state index contributed by atoms with van der Waals surface area (Å²) in [6.07, 6.45) is 8.36. The van der Waals surface area contributed by atoms with Gasteiger partial charge in [0.25, 0.3) is 0 Å². The van der Waals surface area contributed by atoms with Gasteiger partial charge in [-0.1, -0.05) is 36.4 Å². The van der Waals surface area contributed by atoms with Gasteiger partial charge in [-0.2, -0.15) is 5.10 Å². The van der Waals surface area contributed by atoms with E-state index >= 15 is 0 Å². The fourth-order valence-electron chi connectivity index (χ4n) is 5.44. The minimum absolute atomic E-state index is 0.0988. The maximum atomic E-state index is 10.5. The molecule has 0 saturated carbocycles. The first-order valence-electron chi connectivity index (χ1n) is 12.1. The van der Waals surface area contributed by atoms with Gasteiger partial charge in [-0.15, -0.1) is 0 Å². The molecule has 7 heteroatoms. The standard InChI is InChI=1S/C27H30N6O/c1-31-11-9-22(10-12-31)33-16-21(15-30-33)20-7-8-24-25(13-20)28-18-29-27(24)32-17-23(34)14-26(32)19-5-3-2-4-6-19/h2-8,13,15-16,18,22-23,26,34H,9-12,14,17H2,1H3/t23-,26+/m1/s1. The summed E-state index contributed by atoms with van der Waals surface area (Å²) >= 11 is 0. The third kappa shape index (κ3) is 3.95. The van der Waals surface area contributed by atoms with Crippen molar-refractivity contribution in [2.75, 3.05) is 31.6 Å². The van der Waals surface area contributed by atoms with Crippen LogP contribution in [0, 0.1) is 0 Å². The fourth-order valence-corrected chi connectivity index (χ4v) is 5.44. The molecule has 0 aliphatic carbocycles. The second kappa shape index (κ2) is 8.81. The molecule has 2 aromatic carbocycles. The summed E-state index contributed by atoms with van der Waals surface area (Å²) in [5.41, 5.74) is 4.32. The van der Waals surface area contributed by atoms with Crippen molar-refractivity contribution in [2.45, 2.75) is 37.5 Å². The number of piperidine rings is 1. The number of β-amino-alcohol motifs (C(OH)–C–C–N with tert-alkyl or cyclic N) is 1. The average molecular weight is 455 g/mol. The molecule has 174 valence electrons. The molecule has 2 saturated heterocycles. The van der Waals surface area contributed by atoms with Crippen LogP contribution in [0.2, 0.25) is 0 Å². The lowest BCUT2D eigenvalue weighted by Crippen LogP contribution is -2.31. The van der Waals surface area contributed by atoms with E-state index < -0.39 is 0 Å². The van der Waals surface area contributed by atoms with Crippen LogP contribution in [0.5, 0.6) is 0 Å². The van der Waals surface area contributed by atoms with Crippen LogP contribution >= 0.6 is 0 Å². The zero-order chi connectivity index (χ0) is 23.1. The molecular weight excluding hydrogens is 424 g/mol. The van der Waals surface area contributed by atoms with Crippen LogP contribution in [0.25, 0.3) is 22.0 Å². The number of rotatable bonds is 4. The summed E-state index contributed by atoms with van der Waals surface area (Å²) in [5, 5.41) is 16.2. The fraction of sp³-hybridized carbons (Fsp3) is 0.370. The van der Waals surface area contributed by atoms with E-state index in [1.807, 2.05) is 24.4 Å². The Morgan fingerprint density at radius 1 is 0.971 bits per heavy atom. The number of aliphatic hydroxyl groups is 1. The minimum atomic E-state index is -0.375. The Morgan fingerprint density at radius 3 is 2.62 bits per heavy atom. The van der Waals surface area contributed by atoms with Gasteiger partial charge in [0.2, 0.25) is 0 Å². The lowest BCUT2D eigenvalue weighted by molar-refractivity contribution is 0.194. The first kappa shape index (κ1) is 21.3. The highest BCUT2D eigenvalue weighted by molar-refractivity contribution is 5.92. The highest BCUT2D eigenvalue weighted by atomic mass is 16.3. The van der Waals surface area contributed by atoms with Crippen LogP contribution in [0.4, 0.5) is 5.82 Å². The summed E-state index contributed by atoms with van der Waals surface area (Å²) in [5.74, 6) is 0.879. The number of aromatic nitrogens is 4. The van der Waals surface area contributed by atoms with Gasteiger partial charge < -0.3 is 14.9 Å². The molecule has 2 fully saturated rings. The number of hydrogen-bond donors (Lipinski definition) is 1. The summed E-state index contributed by atoms with van der Waals surface area (Å²) in [7, 11) is 2.18. The van der Waals surface area contributed by atoms with Crippen molar-refractivity contribution >= 4 is 16.7 Å². The number of hydrogen-bond acceptors (Lipinski definition) is 6. The second-order valence-electron chi connectivity index (χ2n) is 9.64. The Balaban J connectivity index is 1.31. The van der Waals surface area contributed by atoms with Crippen LogP contribution < -0.4 is 4.90 Å². The zero-order valence-corrected chi connectivity index (χ0v) is 19.5. The Bertz CT molecular complexity index is 1280. The molecular formula is C27H30N6O. The molecule has 2 aromatic heterocycles. The average Bonchev–Trinajstić information content (AvgIpc) is 3.52. The molecule has 0 amide bonds. The van der Waals surface area contributed by atoms with Gasteiger partial charge in [-0.05, 0) is 62.7 Å². The van der Waals surface area contributed by atoms with Crippen molar-refractivity contribution in [3.8, 4) is 11.1 Å². The predicted molar refractivity (Wildman–Crippen MR) is 134 cm³/mol. The lowest BCUT2D eigenvalue weighted by atomic mass is 10.0. The van der Waals surface area contributed by atoms with E-state index in [-0.39, 0.29) is 12.1 Å². The molecule has 0 radical (unpaired) electrons. The van der Waals surface area contributed by atoms with Gasteiger partial charge in [-0.25, -0.2) is 9.97 Å². The number of benzene rings is 2. The lowest BCUT2D eigenvalue weighted by Gasteiger charge is -2.28. The molecule has 2 atom stereocenters. The summed E-state index contributed by atoms with van der Waals surface area (Å²) < 4.78 is 2.13. The normalized spacial score (nSPS) is 22.0. The van der Waals surface area contributed by atoms with E-state index in [1.165, 1.54) is 5.56 Å². The molecule has 0 bridgehead atoms. The van der Waals surface area contributed by atoms with Crippen molar-refractivity contribution in [2.24, 2.45) is 0 Å². The first-order chi connectivity index (χ1) is 16.7. The molecule has 2 aliphatic heterocycles. The minimum Gasteiger partial charge on any atom is -0.391 e. The van der Waals surface area contributed by atoms with Gasteiger partial charge in [0.1, 0.15) is 12.1 Å². The second-order valence-corrected chi connectivity index (χ2v) is 9.64. The van der Waals surface area contributed by atoms with E-state index in [0.717, 1.165) is 53.8 Å². The Morgan fingerprint density at radius 2 is 1.79 bits per heavy atom. The van der Waals surface area contributed by atoms with Crippen LogP contribution in [0.3, 0.4) is 0 Å². The highest BCUT2D eigenvalue weighted by Crippen LogP contribution is 2.38. The van der Waals surface area contributed by atoms with E-state index in [1.54, 1.807) is 6.33 Å². The number of likely N-dealkylation sites (tertiary alicyclic amines) is 1. The molecule has 4 heterocycles. The van der Waals surface area contributed by atoms with Crippen molar-refractivity contribution in [1.82, 2.24) is 24.6 Å². The monoisotopic (exact) mass is 454 g/mol. The van der Waals surface area contributed by atoms with Crippen molar-refractivity contribution in [1.29, 1.82) is 0 Å². The molecule has 0 unspecified atom stereocenters. The maximum Gasteiger partial charge on any atom is 0.140 e. The zero-order valence-electron chi connectivity index (χ0n) is 19.5. The molecule has 4 aromatic rings. The molecule has 7 nitrogen and oxygen atoms in total. The summed E-state index contributed by atoms with van der Waals surface area (Å²) in [6.45, 7) is 2.80. The Hall–Kier alpha value is -3.29. The van der Waals surface area contributed by atoms with Crippen LogP contribution in [0.1, 0.15) is 36.9 Å².